The van der Waals surface area contributed by atoms with E-state index in [0.29, 0.717) is 0 Å². The third kappa shape index (κ3) is 3.89. The molecule has 0 atom stereocenters. The lowest BCUT2D eigenvalue weighted by Gasteiger charge is -2.35. The van der Waals surface area contributed by atoms with Crippen molar-refractivity contribution in [3.63, 3.8) is 0 Å². The number of rotatable bonds is 5. The number of aromatic amines is 1. The van der Waals surface area contributed by atoms with Crippen molar-refractivity contribution in [2.24, 2.45) is 5.41 Å². The Bertz CT molecular complexity index is 1120. The molecule has 7 heteroatoms. The van der Waals surface area contributed by atoms with Gasteiger partial charge < -0.3 is 15.0 Å². The van der Waals surface area contributed by atoms with Crippen LogP contribution in [-0.4, -0.2) is 17.0 Å². The Morgan fingerprint density at radius 2 is 1.84 bits per heavy atom. The molecule has 1 aromatic heterocycles. The van der Waals surface area contributed by atoms with Gasteiger partial charge in [-0.15, -0.1) is 0 Å². The molecule has 2 N–H and O–H groups in total. The van der Waals surface area contributed by atoms with Crippen LogP contribution in [0.5, 0.6) is 5.75 Å². The van der Waals surface area contributed by atoms with Crippen LogP contribution in [0.15, 0.2) is 48.7 Å². The number of anilines is 1. The predicted octanol–water partition coefficient (Wildman–Crippen LogP) is 6.25. The zero-order valence-electron chi connectivity index (χ0n) is 17.1. The highest BCUT2D eigenvalue weighted by molar-refractivity contribution is 6.04. The van der Waals surface area contributed by atoms with Crippen molar-refractivity contribution < 1.29 is 22.7 Å². The lowest BCUT2D eigenvalue weighted by atomic mass is 9.77. The molecular weight excluding hydrogens is 405 g/mol. The first-order valence-corrected chi connectivity index (χ1v) is 10.5. The molecule has 0 spiro atoms. The molecule has 162 valence electrons. The molecule has 31 heavy (non-hydrogen) atoms. The maximum absolute atomic E-state index is 12.7. The molecule has 1 heterocycles. The molecule has 2 saturated carbocycles. The number of carbonyl (C=O) groups excluding carboxylic acids is 1. The highest BCUT2D eigenvalue weighted by atomic mass is 19.4. The molecule has 0 bridgehead atoms. The number of halogens is 3. The van der Waals surface area contributed by atoms with Gasteiger partial charge in [-0.25, -0.2) is 0 Å². The summed E-state index contributed by atoms with van der Waals surface area (Å²) in [5.74, 6) is 0.964. The maximum atomic E-state index is 12.7. The number of hydrogen-bond donors (Lipinski definition) is 2. The standard InChI is InChI=1S/C24H23F3N2O2/c1-23(8-9-23)22(30)29-21-13-28-20-7-6-17(12-19(20)21)31-18-10-15(11-18)14-2-4-16(5-3-14)24(25,26)27/h2-7,12-13,15,18,28H,8-11H2,1H3,(H,29,30)/t15-,18-. The van der Waals surface area contributed by atoms with Gasteiger partial charge in [-0.2, -0.15) is 13.2 Å². The molecule has 2 aliphatic rings. The summed E-state index contributed by atoms with van der Waals surface area (Å²) in [6.45, 7) is 1.97. The summed E-state index contributed by atoms with van der Waals surface area (Å²) >= 11 is 0. The monoisotopic (exact) mass is 428 g/mol. The molecule has 4 nitrogen and oxygen atoms in total. The smallest absolute Gasteiger partial charge is 0.416 e. The Balaban J connectivity index is 1.22. The third-order valence-electron chi connectivity index (χ3n) is 6.56. The van der Waals surface area contributed by atoms with E-state index in [1.807, 2.05) is 25.1 Å². The number of benzene rings is 2. The topological polar surface area (TPSA) is 54.1 Å². The van der Waals surface area contributed by atoms with E-state index in [9.17, 15) is 18.0 Å². The van der Waals surface area contributed by atoms with Gasteiger partial charge in [0.25, 0.3) is 0 Å². The summed E-state index contributed by atoms with van der Waals surface area (Å²) in [6, 6.07) is 11.1. The first kappa shape index (κ1) is 20.0. The van der Waals surface area contributed by atoms with Crippen LogP contribution in [0.2, 0.25) is 0 Å². The largest absolute Gasteiger partial charge is 0.490 e. The van der Waals surface area contributed by atoms with E-state index in [0.717, 1.165) is 65.7 Å². The number of aromatic nitrogens is 1. The van der Waals surface area contributed by atoms with Crippen LogP contribution in [0.3, 0.4) is 0 Å². The highest BCUT2D eigenvalue weighted by Crippen LogP contribution is 2.46. The fourth-order valence-electron chi connectivity index (χ4n) is 4.03. The quantitative estimate of drug-likeness (QED) is 0.505. The van der Waals surface area contributed by atoms with Gasteiger partial charge in [0.15, 0.2) is 0 Å². The van der Waals surface area contributed by atoms with Crippen LogP contribution >= 0.6 is 0 Å². The first-order valence-electron chi connectivity index (χ1n) is 10.5. The van der Waals surface area contributed by atoms with Crippen LogP contribution in [0.4, 0.5) is 18.9 Å². The molecule has 0 aliphatic heterocycles. The van der Waals surface area contributed by atoms with E-state index in [-0.39, 0.29) is 23.3 Å². The molecule has 5 rings (SSSR count). The Kier molecular flexibility index (Phi) is 4.53. The average molecular weight is 428 g/mol. The first-order chi connectivity index (χ1) is 14.7. The van der Waals surface area contributed by atoms with Gasteiger partial charge in [-0.1, -0.05) is 19.1 Å². The molecule has 3 aromatic rings. The van der Waals surface area contributed by atoms with E-state index in [2.05, 4.69) is 10.3 Å². The van der Waals surface area contributed by atoms with E-state index in [1.54, 1.807) is 18.3 Å². The molecule has 0 radical (unpaired) electrons. The van der Waals surface area contributed by atoms with Gasteiger partial charge in [0.1, 0.15) is 5.75 Å². The summed E-state index contributed by atoms with van der Waals surface area (Å²) in [4.78, 5) is 15.6. The normalized spacial score (nSPS) is 22.1. The Hall–Kier alpha value is -2.96. The van der Waals surface area contributed by atoms with E-state index in [4.69, 9.17) is 4.74 Å². The molecule has 0 unspecified atom stereocenters. The minimum absolute atomic E-state index is 0.0205. The summed E-state index contributed by atoms with van der Waals surface area (Å²) in [7, 11) is 0. The number of amides is 1. The summed E-state index contributed by atoms with van der Waals surface area (Å²) < 4.78 is 44.3. The van der Waals surface area contributed by atoms with Crippen molar-refractivity contribution in [2.75, 3.05) is 5.32 Å². The van der Waals surface area contributed by atoms with Crippen LogP contribution in [0, 0.1) is 5.41 Å². The van der Waals surface area contributed by atoms with Gasteiger partial charge >= 0.3 is 6.18 Å². The van der Waals surface area contributed by atoms with Crippen molar-refractivity contribution >= 4 is 22.5 Å². The number of ether oxygens (including phenoxy) is 1. The third-order valence-corrected chi connectivity index (χ3v) is 6.56. The number of carbonyl (C=O) groups is 1. The van der Waals surface area contributed by atoms with Crippen LogP contribution in [-0.2, 0) is 11.0 Å². The minimum Gasteiger partial charge on any atom is -0.490 e. The molecule has 2 aromatic carbocycles. The van der Waals surface area contributed by atoms with Crippen LogP contribution in [0.1, 0.15) is 49.7 Å². The van der Waals surface area contributed by atoms with E-state index >= 15 is 0 Å². The fraction of sp³-hybridized carbons (Fsp3) is 0.375. The predicted molar refractivity (Wildman–Crippen MR) is 112 cm³/mol. The lowest BCUT2D eigenvalue weighted by Crippen LogP contribution is -2.32. The van der Waals surface area contributed by atoms with Gasteiger partial charge in [-0.05, 0) is 67.5 Å². The van der Waals surface area contributed by atoms with Crippen molar-refractivity contribution in [3.05, 3.63) is 59.8 Å². The average Bonchev–Trinajstić information content (AvgIpc) is 3.34. The molecule has 2 fully saturated rings. The van der Waals surface area contributed by atoms with Gasteiger partial charge in [0.05, 0.1) is 17.4 Å². The SMILES string of the molecule is CC1(C(=O)Nc2c[nH]c3ccc(O[C@H]4C[C@H](c5ccc(C(F)(F)F)cc5)C4)cc23)CC1. The second-order valence-corrected chi connectivity index (χ2v) is 8.95. The molecule has 0 saturated heterocycles. The van der Waals surface area contributed by atoms with Crippen molar-refractivity contribution in [2.45, 2.75) is 50.8 Å². The highest BCUT2D eigenvalue weighted by Gasteiger charge is 2.45. The number of nitrogens with one attached hydrogen (secondary N) is 2. The Morgan fingerprint density at radius 3 is 2.48 bits per heavy atom. The number of alkyl halides is 3. The molecular formula is C24H23F3N2O2. The van der Waals surface area contributed by atoms with Gasteiger partial charge in [0, 0.05) is 22.5 Å². The number of H-pyrrole nitrogens is 1. The van der Waals surface area contributed by atoms with Crippen LogP contribution in [0.25, 0.3) is 10.9 Å². The summed E-state index contributed by atoms with van der Waals surface area (Å²) in [6.07, 6.45) is 0.857. The van der Waals surface area contributed by atoms with Gasteiger partial charge in [-0.3, -0.25) is 4.79 Å². The second-order valence-electron chi connectivity index (χ2n) is 8.95. The Morgan fingerprint density at radius 1 is 1.13 bits per heavy atom. The van der Waals surface area contributed by atoms with Crippen molar-refractivity contribution in [1.82, 2.24) is 4.98 Å². The molecule has 1 amide bonds. The minimum atomic E-state index is -4.31. The summed E-state index contributed by atoms with van der Waals surface area (Å²) in [5, 5.41) is 3.91. The maximum Gasteiger partial charge on any atom is 0.416 e. The summed E-state index contributed by atoms with van der Waals surface area (Å²) in [5.41, 5.74) is 1.70. The zero-order chi connectivity index (χ0) is 21.8. The van der Waals surface area contributed by atoms with Crippen molar-refractivity contribution in [1.29, 1.82) is 0 Å². The number of hydrogen-bond acceptors (Lipinski definition) is 2. The fourth-order valence-corrected chi connectivity index (χ4v) is 4.03. The van der Waals surface area contributed by atoms with E-state index < -0.39 is 11.7 Å². The number of fused-ring (bicyclic) bond motifs is 1. The van der Waals surface area contributed by atoms with E-state index in [1.165, 1.54) is 0 Å². The van der Waals surface area contributed by atoms with Crippen LogP contribution < -0.4 is 10.1 Å². The second kappa shape index (κ2) is 7.04. The lowest BCUT2D eigenvalue weighted by molar-refractivity contribution is -0.137. The Labute approximate surface area is 177 Å². The van der Waals surface area contributed by atoms with Gasteiger partial charge in [0.2, 0.25) is 5.91 Å². The van der Waals surface area contributed by atoms with Crippen molar-refractivity contribution in [3.8, 4) is 5.75 Å². The molecule has 2 aliphatic carbocycles. The zero-order valence-corrected chi connectivity index (χ0v) is 17.1.